The Hall–Kier alpha value is -3.70. The molecule has 1 heterocycles. The van der Waals surface area contributed by atoms with E-state index in [9.17, 15) is 4.79 Å². The van der Waals surface area contributed by atoms with Crippen molar-refractivity contribution in [3.63, 3.8) is 0 Å². The Bertz CT molecular complexity index is 1130. The SMILES string of the molecule is O=C(CON=Cc1ccccc1)N(Cc1ccccc1)[C@@H](Cc1ccccc1)c1ccsc1. The van der Waals surface area contributed by atoms with Gasteiger partial charge in [0.05, 0.1) is 12.3 Å². The predicted octanol–water partition coefficient (Wildman–Crippen LogP) is 6.11. The summed E-state index contributed by atoms with van der Waals surface area (Å²) in [6.45, 7) is 0.379. The maximum Gasteiger partial charge on any atom is 0.264 e. The number of carbonyl (C=O) groups excluding carboxylic acids is 1. The van der Waals surface area contributed by atoms with Gasteiger partial charge in [0.15, 0.2) is 6.61 Å². The van der Waals surface area contributed by atoms with Crippen LogP contribution in [0.3, 0.4) is 0 Å². The normalized spacial score (nSPS) is 11.9. The van der Waals surface area contributed by atoms with Crippen LogP contribution in [0.4, 0.5) is 0 Å². The molecule has 0 N–H and O–H groups in total. The van der Waals surface area contributed by atoms with Gasteiger partial charge in [-0.25, -0.2) is 0 Å². The Balaban J connectivity index is 1.55. The van der Waals surface area contributed by atoms with Crippen LogP contribution >= 0.6 is 11.3 Å². The van der Waals surface area contributed by atoms with E-state index in [-0.39, 0.29) is 18.6 Å². The van der Waals surface area contributed by atoms with Crippen molar-refractivity contribution in [3.8, 4) is 0 Å². The first-order valence-corrected chi connectivity index (χ1v) is 11.8. The number of oxime groups is 1. The molecule has 0 saturated heterocycles. The third-order valence-corrected chi connectivity index (χ3v) is 6.06. The zero-order chi connectivity index (χ0) is 22.7. The number of hydrogen-bond acceptors (Lipinski definition) is 4. The number of amides is 1. The number of thiophene rings is 1. The molecule has 0 unspecified atom stereocenters. The lowest BCUT2D eigenvalue weighted by atomic mass is 9.98. The van der Waals surface area contributed by atoms with Crippen LogP contribution in [0.25, 0.3) is 0 Å². The van der Waals surface area contributed by atoms with Gasteiger partial charge < -0.3 is 9.74 Å². The minimum absolute atomic E-state index is 0.101. The largest absolute Gasteiger partial charge is 0.386 e. The van der Waals surface area contributed by atoms with Crippen molar-refractivity contribution in [2.24, 2.45) is 5.16 Å². The van der Waals surface area contributed by atoms with E-state index < -0.39 is 0 Å². The molecule has 0 fully saturated rings. The van der Waals surface area contributed by atoms with Crippen molar-refractivity contribution >= 4 is 23.5 Å². The number of hydrogen-bond donors (Lipinski definition) is 0. The monoisotopic (exact) mass is 454 g/mol. The van der Waals surface area contributed by atoms with Gasteiger partial charge in [0.25, 0.3) is 5.91 Å². The van der Waals surface area contributed by atoms with E-state index >= 15 is 0 Å². The van der Waals surface area contributed by atoms with E-state index in [4.69, 9.17) is 4.84 Å². The Morgan fingerprint density at radius 3 is 2.15 bits per heavy atom. The third kappa shape index (κ3) is 6.64. The molecule has 0 radical (unpaired) electrons. The average Bonchev–Trinajstić information content (AvgIpc) is 3.41. The van der Waals surface area contributed by atoms with Gasteiger partial charge in [-0.05, 0) is 45.5 Å². The fourth-order valence-corrected chi connectivity index (χ4v) is 4.38. The van der Waals surface area contributed by atoms with Crippen LogP contribution in [0.5, 0.6) is 0 Å². The van der Waals surface area contributed by atoms with Gasteiger partial charge in [-0.15, -0.1) is 0 Å². The minimum atomic E-state index is -0.119. The van der Waals surface area contributed by atoms with Crippen LogP contribution < -0.4 is 0 Å². The summed E-state index contributed by atoms with van der Waals surface area (Å²) in [7, 11) is 0. The minimum Gasteiger partial charge on any atom is -0.386 e. The van der Waals surface area contributed by atoms with E-state index in [1.807, 2.05) is 83.8 Å². The molecule has 0 spiro atoms. The molecule has 5 heteroatoms. The number of rotatable bonds is 10. The molecule has 4 nitrogen and oxygen atoms in total. The lowest BCUT2D eigenvalue weighted by Crippen LogP contribution is -2.37. The maximum absolute atomic E-state index is 13.4. The summed E-state index contributed by atoms with van der Waals surface area (Å²) in [6.07, 6.45) is 2.35. The molecule has 0 aliphatic rings. The fraction of sp³-hybridized carbons (Fsp3) is 0.143. The van der Waals surface area contributed by atoms with Gasteiger partial charge in [0.2, 0.25) is 0 Å². The van der Waals surface area contributed by atoms with Gasteiger partial charge in [0, 0.05) is 6.54 Å². The molecule has 4 rings (SSSR count). The van der Waals surface area contributed by atoms with Crippen molar-refractivity contribution in [2.75, 3.05) is 6.61 Å². The highest BCUT2D eigenvalue weighted by atomic mass is 32.1. The summed E-state index contributed by atoms with van der Waals surface area (Å²) in [4.78, 5) is 20.7. The molecule has 1 aromatic heterocycles. The molecular weight excluding hydrogens is 428 g/mol. The van der Waals surface area contributed by atoms with E-state index in [0.29, 0.717) is 6.54 Å². The Morgan fingerprint density at radius 2 is 1.52 bits per heavy atom. The summed E-state index contributed by atoms with van der Waals surface area (Å²) in [5, 5.41) is 8.18. The highest BCUT2D eigenvalue weighted by molar-refractivity contribution is 7.08. The topological polar surface area (TPSA) is 41.9 Å². The van der Waals surface area contributed by atoms with Crippen LogP contribution in [-0.4, -0.2) is 23.6 Å². The maximum atomic E-state index is 13.4. The highest BCUT2D eigenvalue weighted by Crippen LogP contribution is 2.29. The van der Waals surface area contributed by atoms with Crippen molar-refractivity contribution in [1.82, 2.24) is 4.90 Å². The first kappa shape index (κ1) is 22.5. The lowest BCUT2D eigenvalue weighted by Gasteiger charge is -2.32. The Kier molecular flexibility index (Phi) is 8.03. The summed E-state index contributed by atoms with van der Waals surface area (Å²) in [6, 6.07) is 32.0. The van der Waals surface area contributed by atoms with Gasteiger partial charge in [0.1, 0.15) is 0 Å². The molecule has 0 aliphatic heterocycles. The Morgan fingerprint density at radius 1 is 0.879 bits per heavy atom. The molecule has 1 atom stereocenters. The predicted molar refractivity (Wildman–Crippen MR) is 134 cm³/mol. The first-order chi connectivity index (χ1) is 16.3. The standard InChI is InChI=1S/C28H26N2O2S/c31-28(21-32-29-19-24-12-6-2-7-13-24)30(20-25-14-8-3-9-15-25)27(26-16-17-33-22-26)18-23-10-4-1-5-11-23/h1-17,19,22,27H,18,20-21H2/t27-/m0/s1. The molecule has 0 bridgehead atoms. The number of carbonyl (C=O) groups is 1. The second-order valence-corrected chi connectivity index (χ2v) is 8.47. The second-order valence-electron chi connectivity index (χ2n) is 7.69. The summed E-state index contributed by atoms with van der Waals surface area (Å²) in [5.41, 5.74) is 4.31. The van der Waals surface area contributed by atoms with Crippen LogP contribution in [0.2, 0.25) is 0 Å². The molecule has 0 saturated carbocycles. The van der Waals surface area contributed by atoms with Gasteiger partial charge in [-0.3, -0.25) is 4.79 Å². The van der Waals surface area contributed by atoms with Crippen LogP contribution in [0.1, 0.15) is 28.3 Å². The van der Waals surface area contributed by atoms with Gasteiger partial charge in [-0.1, -0.05) is 96.2 Å². The Labute approximate surface area is 198 Å². The smallest absolute Gasteiger partial charge is 0.264 e. The summed E-state index contributed by atoms with van der Waals surface area (Å²) in [5.74, 6) is -0.101. The van der Waals surface area contributed by atoms with Crippen LogP contribution in [0.15, 0.2) is 113 Å². The van der Waals surface area contributed by atoms with Crippen LogP contribution in [-0.2, 0) is 22.6 Å². The second kappa shape index (κ2) is 11.8. The van der Waals surface area contributed by atoms with Crippen molar-refractivity contribution in [3.05, 3.63) is 130 Å². The van der Waals surface area contributed by atoms with E-state index in [2.05, 4.69) is 34.1 Å². The van der Waals surface area contributed by atoms with E-state index in [0.717, 1.165) is 23.1 Å². The van der Waals surface area contributed by atoms with Gasteiger partial charge in [-0.2, -0.15) is 11.3 Å². The zero-order valence-electron chi connectivity index (χ0n) is 18.3. The average molecular weight is 455 g/mol. The van der Waals surface area contributed by atoms with Crippen molar-refractivity contribution in [2.45, 2.75) is 19.0 Å². The molecule has 4 aromatic rings. The number of benzene rings is 3. The summed E-state index contributed by atoms with van der Waals surface area (Å²) < 4.78 is 0. The lowest BCUT2D eigenvalue weighted by molar-refractivity contribution is -0.139. The van der Waals surface area contributed by atoms with Crippen molar-refractivity contribution < 1.29 is 9.63 Å². The zero-order valence-corrected chi connectivity index (χ0v) is 19.1. The number of nitrogens with zero attached hydrogens (tertiary/aromatic N) is 2. The molecule has 3 aromatic carbocycles. The van der Waals surface area contributed by atoms with E-state index in [1.54, 1.807) is 17.6 Å². The van der Waals surface area contributed by atoms with E-state index in [1.165, 1.54) is 5.56 Å². The molecule has 0 aliphatic carbocycles. The highest BCUT2D eigenvalue weighted by Gasteiger charge is 2.26. The first-order valence-electron chi connectivity index (χ1n) is 10.9. The molecule has 1 amide bonds. The van der Waals surface area contributed by atoms with Gasteiger partial charge >= 0.3 is 0 Å². The molecule has 166 valence electrons. The third-order valence-electron chi connectivity index (χ3n) is 5.36. The summed E-state index contributed by atoms with van der Waals surface area (Å²) >= 11 is 1.64. The molecular formula is C28H26N2O2S. The molecule has 33 heavy (non-hydrogen) atoms. The fourth-order valence-electron chi connectivity index (χ4n) is 3.67. The van der Waals surface area contributed by atoms with Crippen LogP contribution in [0, 0.1) is 0 Å². The quantitative estimate of drug-likeness (QED) is 0.214. The van der Waals surface area contributed by atoms with Crippen molar-refractivity contribution in [1.29, 1.82) is 0 Å².